The Morgan fingerprint density at radius 1 is 1.55 bits per heavy atom. The first-order valence-electron chi connectivity index (χ1n) is 4.22. The van der Waals surface area contributed by atoms with Crippen molar-refractivity contribution in [3.05, 3.63) is 0 Å². The first-order chi connectivity index (χ1) is 5.20. The molecule has 0 unspecified atom stereocenters. The van der Waals surface area contributed by atoms with E-state index in [4.69, 9.17) is 0 Å². The number of urea groups is 1. The zero-order chi connectivity index (χ0) is 8.43. The van der Waals surface area contributed by atoms with Crippen LogP contribution in [0.25, 0.3) is 0 Å². The lowest BCUT2D eigenvalue weighted by Crippen LogP contribution is -2.33. The van der Waals surface area contributed by atoms with Gasteiger partial charge in [0.2, 0.25) is 0 Å². The molecule has 1 heterocycles. The Kier molecular flexibility index (Phi) is 2.37. The summed E-state index contributed by atoms with van der Waals surface area (Å²) >= 11 is 0. The second kappa shape index (κ2) is 3.11. The van der Waals surface area contributed by atoms with Crippen LogP contribution in [0.3, 0.4) is 0 Å². The average Bonchev–Trinajstić information content (AvgIpc) is 2.28. The van der Waals surface area contributed by atoms with Crippen LogP contribution in [0.1, 0.15) is 20.3 Å². The Balaban J connectivity index is 2.64. The van der Waals surface area contributed by atoms with Crippen LogP contribution in [0.2, 0.25) is 0 Å². The van der Waals surface area contributed by atoms with E-state index in [0.717, 1.165) is 19.5 Å². The van der Waals surface area contributed by atoms with Gasteiger partial charge in [0.15, 0.2) is 0 Å². The Morgan fingerprint density at radius 2 is 2.18 bits per heavy atom. The topological polar surface area (TPSA) is 23.6 Å². The van der Waals surface area contributed by atoms with Gasteiger partial charge in [-0.25, -0.2) is 4.79 Å². The summed E-state index contributed by atoms with van der Waals surface area (Å²) in [6.45, 7) is 5.88. The first-order valence-corrected chi connectivity index (χ1v) is 4.22. The Hall–Kier alpha value is -0.730. The van der Waals surface area contributed by atoms with Crippen molar-refractivity contribution >= 4 is 6.03 Å². The molecule has 0 bridgehead atoms. The summed E-state index contributed by atoms with van der Waals surface area (Å²) in [6.07, 6.45) is 1.06. The molecular weight excluding hydrogens is 140 g/mol. The lowest BCUT2D eigenvalue weighted by atomic mass is 10.2. The molecule has 0 radical (unpaired) electrons. The van der Waals surface area contributed by atoms with Gasteiger partial charge in [0.25, 0.3) is 0 Å². The van der Waals surface area contributed by atoms with Gasteiger partial charge in [-0.05, 0) is 13.3 Å². The van der Waals surface area contributed by atoms with Crippen molar-refractivity contribution in [1.82, 2.24) is 9.80 Å². The van der Waals surface area contributed by atoms with Crippen molar-refractivity contribution in [3.63, 3.8) is 0 Å². The van der Waals surface area contributed by atoms with Gasteiger partial charge in [-0.1, -0.05) is 6.92 Å². The highest BCUT2D eigenvalue weighted by Crippen LogP contribution is 2.15. The van der Waals surface area contributed by atoms with Gasteiger partial charge < -0.3 is 9.80 Å². The molecule has 0 aliphatic carbocycles. The molecule has 0 aromatic heterocycles. The Labute approximate surface area is 68.0 Å². The number of amides is 2. The second-order valence-corrected chi connectivity index (χ2v) is 3.01. The lowest BCUT2D eigenvalue weighted by Gasteiger charge is -2.19. The van der Waals surface area contributed by atoms with E-state index in [1.54, 1.807) is 4.90 Å². The van der Waals surface area contributed by atoms with Crippen LogP contribution in [-0.2, 0) is 0 Å². The molecule has 0 spiro atoms. The molecule has 0 aromatic carbocycles. The predicted molar refractivity (Wildman–Crippen MR) is 44.5 cm³/mol. The van der Waals surface area contributed by atoms with Gasteiger partial charge in [0.05, 0.1) is 6.04 Å². The molecule has 0 saturated carbocycles. The highest BCUT2D eigenvalue weighted by molar-refractivity contribution is 5.76. The van der Waals surface area contributed by atoms with Crippen molar-refractivity contribution < 1.29 is 4.79 Å². The standard InChI is InChI=1S/C8H16N2O/c1-4-7-6-9(3)8(11)10(7)5-2/h7H,4-6H2,1-3H3/t7-/m1/s1. The number of nitrogens with zero attached hydrogens (tertiary/aromatic N) is 2. The SMILES string of the molecule is CC[C@@H]1CN(C)C(=O)N1CC. The zero-order valence-corrected chi connectivity index (χ0v) is 7.50. The zero-order valence-electron chi connectivity index (χ0n) is 7.50. The molecule has 3 nitrogen and oxygen atoms in total. The van der Waals surface area contributed by atoms with Crippen molar-refractivity contribution in [2.45, 2.75) is 26.3 Å². The summed E-state index contributed by atoms with van der Waals surface area (Å²) in [7, 11) is 1.86. The monoisotopic (exact) mass is 156 g/mol. The minimum Gasteiger partial charge on any atom is -0.326 e. The van der Waals surface area contributed by atoms with Crippen LogP contribution in [0.4, 0.5) is 4.79 Å². The number of carbonyl (C=O) groups excluding carboxylic acids is 1. The average molecular weight is 156 g/mol. The molecular formula is C8H16N2O. The maximum absolute atomic E-state index is 11.4. The van der Waals surface area contributed by atoms with Crippen molar-refractivity contribution in [2.24, 2.45) is 0 Å². The largest absolute Gasteiger partial charge is 0.326 e. The quantitative estimate of drug-likeness (QED) is 0.588. The second-order valence-electron chi connectivity index (χ2n) is 3.01. The number of hydrogen-bond donors (Lipinski definition) is 0. The molecule has 1 fully saturated rings. The van der Waals surface area contributed by atoms with Gasteiger partial charge >= 0.3 is 6.03 Å². The van der Waals surface area contributed by atoms with Gasteiger partial charge in [-0.2, -0.15) is 0 Å². The van der Waals surface area contributed by atoms with Gasteiger partial charge in [0, 0.05) is 20.1 Å². The van der Waals surface area contributed by atoms with Crippen LogP contribution < -0.4 is 0 Å². The smallest absolute Gasteiger partial charge is 0.320 e. The van der Waals surface area contributed by atoms with Gasteiger partial charge in [0.1, 0.15) is 0 Å². The fourth-order valence-corrected chi connectivity index (χ4v) is 1.61. The van der Waals surface area contributed by atoms with Crippen LogP contribution in [0.15, 0.2) is 0 Å². The summed E-state index contributed by atoms with van der Waals surface area (Å²) in [5, 5.41) is 0. The molecule has 1 aliphatic heterocycles. The Morgan fingerprint density at radius 3 is 2.55 bits per heavy atom. The molecule has 1 rings (SSSR count). The third-order valence-electron chi connectivity index (χ3n) is 2.31. The molecule has 1 aliphatic rings. The van der Waals surface area contributed by atoms with Crippen LogP contribution >= 0.6 is 0 Å². The summed E-state index contributed by atoms with van der Waals surface area (Å²) in [6, 6.07) is 0.622. The van der Waals surface area contributed by atoms with E-state index in [2.05, 4.69) is 6.92 Å². The first kappa shape index (κ1) is 8.37. The molecule has 2 amide bonds. The summed E-state index contributed by atoms with van der Waals surface area (Å²) in [5.41, 5.74) is 0. The minimum atomic E-state index is 0.180. The fraction of sp³-hybridized carbons (Fsp3) is 0.875. The predicted octanol–water partition coefficient (Wildman–Crippen LogP) is 1.15. The number of rotatable bonds is 2. The maximum atomic E-state index is 11.4. The molecule has 3 heteroatoms. The fourth-order valence-electron chi connectivity index (χ4n) is 1.61. The van der Waals surface area contributed by atoms with E-state index in [-0.39, 0.29) is 6.03 Å². The van der Waals surface area contributed by atoms with E-state index in [9.17, 15) is 4.79 Å². The molecule has 0 N–H and O–H groups in total. The highest BCUT2D eigenvalue weighted by atomic mass is 16.2. The molecule has 0 aromatic rings. The minimum absolute atomic E-state index is 0.180. The molecule has 11 heavy (non-hydrogen) atoms. The summed E-state index contributed by atoms with van der Waals surface area (Å²) < 4.78 is 0. The van der Waals surface area contributed by atoms with E-state index in [0.29, 0.717) is 6.04 Å². The Bertz CT molecular complexity index is 158. The van der Waals surface area contributed by atoms with Crippen LogP contribution in [0.5, 0.6) is 0 Å². The van der Waals surface area contributed by atoms with E-state index < -0.39 is 0 Å². The third kappa shape index (κ3) is 1.32. The molecule has 64 valence electrons. The van der Waals surface area contributed by atoms with Crippen molar-refractivity contribution in [1.29, 1.82) is 0 Å². The normalized spacial score (nSPS) is 25.0. The lowest BCUT2D eigenvalue weighted by molar-refractivity contribution is 0.193. The third-order valence-corrected chi connectivity index (χ3v) is 2.31. The van der Waals surface area contributed by atoms with E-state index in [1.807, 2.05) is 18.9 Å². The highest BCUT2D eigenvalue weighted by Gasteiger charge is 2.31. The summed E-state index contributed by atoms with van der Waals surface area (Å²) in [5.74, 6) is 0. The van der Waals surface area contributed by atoms with Gasteiger partial charge in [-0.15, -0.1) is 0 Å². The number of carbonyl (C=O) groups is 1. The molecule has 1 atom stereocenters. The van der Waals surface area contributed by atoms with Gasteiger partial charge in [-0.3, -0.25) is 0 Å². The van der Waals surface area contributed by atoms with Crippen molar-refractivity contribution in [3.8, 4) is 0 Å². The molecule has 1 saturated heterocycles. The van der Waals surface area contributed by atoms with Crippen LogP contribution in [-0.4, -0.2) is 42.0 Å². The van der Waals surface area contributed by atoms with E-state index >= 15 is 0 Å². The number of likely N-dealkylation sites (N-methyl/N-ethyl adjacent to an activating group) is 2. The van der Waals surface area contributed by atoms with E-state index in [1.165, 1.54) is 0 Å². The maximum Gasteiger partial charge on any atom is 0.320 e. The van der Waals surface area contributed by atoms with Crippen LogP contribution in [0, 0.1) is 0 Å². The van der Waals surface area contributed by atoms with Crippen molar-refractivity contribution in [2.75, 3.05) is 20.1 Å². The number of hydrogen-bond acceptors (Lipinski definition) is 1. The summed E-state index contributed by atoms with van der Waals surface area (Å²) in [4.78, 5) is 15.1.